The normalized spacial score (nSPS) is 18.7. The summed E-state index contributed by atoms with van der Waals surface area (Å²) in [7, 11) is 0. The number of carbonyl (C=O) groups excluding carboxylic acids is 1. The van der Waals surface area contributed by atoms with Gasteiger partial charge in [-0.15, -0.1) is 0 Å². The molecule has 0 heterocycles. The zero-order valence-electron chi connectivity index (χ0n) is 12.8. The van der Waals surface area contributed by atoms with Gasteiger partial charge in [0.15, 0.2) is 0 Å². The number of nitro benzene ring substituents is 1. The van der Waals surface area contributed by atoms with Crippen molar-refractivity contribution in [2.75, 3.05) is 11.9 Å². The van der Waals surface area contributed by atoms with Gasteiger partial charge in [-0.3, -0.25) is 14.9 Å². The van der Waals surface area contributed by atoms with E-state index in [9.17, 15) is 20.0 Å². The van der Waals surface area contributed by atoms with Crippen LogP contribution in [-0.2, 0) is 11.2 Å². The second-order valence-corrected chi connectivity index (χ2v) is 5.64. The predicted molar refractivity (Wildman–Crippen MR) is 88.6 cm³/mol. The summed E-state index contributed by atoms with van der Waals surface area (Å²) in [6.07, 6.45) is -0.170. The monoisotopic (exact) mass is 327 g/mol. The number of carbonyl (C=O) groups is 1. The molecule has 0 bridgehead atoms. The highest BCUT2D eigenvalue weighted by molar-refractivity contribution is 5.82. The molecule has 3 N–H and O–H groups in total. The Morgan fingerprint density at radius 3 is 2.71 bits per heavy atom. The van der Waals surface area contributed by atoms with Crippen LogP contribution in [0.15, 0.2) is 48.5 Å². The van der Waals surface area contributed by atoms with Crippen molar-refractivity contribution in [1.82, 2.24) is 5.32 Å². The first-order chi connectivity index (χ1) is 11.6. The van der Waals surface area contributed by atoms with Crippen molar-refractivity contribution in [1.29, 1.82) is 0 Å². The van der Waals surface area contributed by atoms with Crippen LogP contribution in [0.3, 0.4) is 0 Å². The first kappa shape index (κ1) is 15.9. The number of hydrogen-bond acceptors (Lipinski definition) is 5. The lowest BCUT2D eigenvalue weighted by molar-refractivity contribution is -0.383. The van der Waals surface area contributed by atoms with Crippen molar-refractivity contribution in [3.05, 3.63) is 69.8 Å². The summed E-state index contributed by atoms with van der Waals surface area (Å²) in [4.78, 5) is 22.6. The Labute approximate surface area is 138 Å². The molecule has 3 rings (SSSR count). The summed E-state index contributed by atoms with van der Waals surface area (Å²) in [6.45, 7) is -0.115. The number of nitro groups is 1. The van der Waals surface area contributed by atoms with Gasteiger partial charge in [-0.1, -0.05) is 36.4 Å². The Bertz CT molecular complexity index is 778. The molecule has 0 saturated carbocycles. The van der Waals surface area contributed by atoms with Crippen molar-refractivity contribution in [2.45, 2.75) is 18.6 Å². The summed E-state index contributed by atoms with van der Waals surface area (Å²) >= 11 is 0. The zero-order valence-corrected chi connectivity index (χ0v) is 12.8. The molecule has 1 aliphatic carbocycles. The van der Waals surface area contributed by atoms with E-state index in [1.807, 2.05) is 24.3 Å². The Kier molecular flexibility index (Phi) is 4.43. The molecule has 0 fully saturated rings. The molecule has 0 spiro atoms. The van der Waals surface area contributed by atoms with E-state index in [1.54, 1.807) is 18.2 Å². The SMILES string of the molecule is O=C(CNc1ccccc1[N+](=O)[O-])N[C@@H]1c2ccccc2C[C@@H]1O. The Balaban J connectivity index is 1.64. The van der Waals surface area contributed by atoms with Gasteiger partial charge in [-0.25, -0.2) is 0 Å². The number of para-hydroxylation sites is 2. The second-order valence-electron chi connectivity index (χ2n) is 5.64. The molecule has 0 unspecified atom stereocenters. The van der Waals surface area contributed by atoms with Gasteiger partial charge in [0.1, 0.15) is 5.69 Å². The van der Waals surface area contributed by atoms with Crippen LogP contribution >= 0.6 is 0 Å². The van der Waals surface area contributed by atoms with E-state index in [0.717, 1.165) is 11.1 Å². The minimum atomic E-state index is -0.669. The second kappa shape index (κ2) is 6.67. The molecule has 124 valence electrons. The lowest BCUT2D eigenvalue weighted by Crippen LogP contribution is -2.37. The van der Waals surface area contributed by atoms with Crippen LogP contribution in [0.2, 0.25) is 0 Å². The number of anilines is 1. The van der Waals surface area contributed by atoms with Gasteiger partial charge in [0.2, 0.25) is 5.91 Å². The fraction of sp³-hybridized carbons (Fsp3) is 0.235. The number of nitrogens with one attached hydrogen (secondary N) is 2. The molecule has 7 nitrogen and oxygen atoms in total. The molecule has 2 aromatic rings. The fourth-order valence-electron chi connectivity index (χ4n) is 2.93. The molecular formula is C17H17N3O4. The van der Waals surface area contributed by atoms with Crippen LogP contribution < -0.4 is 10.6 Å². The summed E-state index contributed by atoms with van der Waals surface area (Å²) < 4.78 is 0. The Morgan fingerprint density at radius 1 is 1.21 bits per heavy atom. The Hall–Kier alpha value is -2.93. The number of aliphatic hydroxyl groups excluding tert-OH is 1. The molecule has 0 aliphatic heterocycles. The number of fused-ring (bicyclic) bond motifs is 1. The number of amides is 1. The van der Waals surface area contributed by atoms with Gasteiger partial charge in [-0.2, -0.15) is 0 Å². The lowest BCUT2D eigenvalue weighted by Gasteiger charge is -2.18. The molecule has 0 saturated heterocycles. The molecule has 0 aromatic heterocycles. The molecule has 2 atom stereocenters. The number of hydrogen-bond donors (Lipinski definition) is 3. The van der Waals surface area contributed by atoms with E-state index in [0.29, 0.717) is 6.42 Å². The molecule has 7 heteroatoms. The summed E-state index contributed by atoms with van der Waals surface area (Å²) in [6, 6.07) is 13.2. The maximum Gasteiger partial charge on any atom is 0.292 e. The van der Waals surface area contributed by atoms with Crippen LogP contribution in [0.1, 0.15) is 17.2 Å². The van der Waals surface area contributed by atoms with Gasteiger partial charge in [0.05, 0.1) is 23.6 Å². The topological polar surface area (TPSA) is 104 Å². The zero-order chi connectivity index (χ0) is 17.1. The lowest BCUT2D eigenvalue weighted by atomic mass is 10.1. The minimum absolute atomic E-state index is 0.0865. The van der Waals surface area contributed by atoms with Crippen LogP contribution in [0.25, 0.3) is 0 Å². The highest BCUT2D eigenvalue weighted by atomic mass is 16.6. The summed E-state index contributed by atoms with van der Waals surface area (Å²) in [5, 5.41) is 26.6. The van der Waals surface area contributed by atoms with Gasteiger partial charge in [0, 0.05) is 12.5 Å². The van der Waals surface area contributed by atoms with Crippen LogP contribution in [-0.4, -0.2) is 28.6 Å². The quantitative estimate of drug-likeness (QED) is 0.573. The third-order valence-electron chi connectivity index (χ3n) is 4.06. The van der Waals surface area contributed by atoms with E-state index in [2.05, 4.69) is 10.6 Å². The van der Waals surface area contributed by atoms with E-state index in [4.69, 9.17) is 0 Å². The fourth-order valence-corrected chi connectivity index (χ4v) is 2.93. The molecular weight excluding hydrogens is 310 g/mol. The number of nitrogens with zero attached hydrogens (tertiary/aromatic N) is 1. The average molecular weight is 327 g/mol. The molecule has 1 aliphatic rings. The maximum atomic E-state index is 12.2. The van der Waals surface area contributed by atoms with E-state index in [-0.39, 0.29) is 23.8 Å². The van der Waals surface area contributed by atoms with Crippen molar-refractivity contribution in [3.8, 4) is 0 Å². The van der Waals surface area contributed by atoms with Crippen LogP contribution in [0.4, 0.5) is 11.4 Å². The van der Waals surface area contributed by atoms with Gasteiger partial charge in [-0.05, 0) is 17.2 Å². The first-order valence-corrected chi connectivity index (χ1v) is 7.59. The number of rotatable bonds is 5. The summed E-state index contributed by atoms with van der Waals surface area (Å²) in [5.74, 6) is -0.339. The van der Waals surface area contributed by atoms with E-state index in [1.165, 1.54) is 6.07 Å². The number of aliphatic hydroxyl groups is 1. The standard InChI is InChI=1S/C17H17N3O4/c21-15-9-11-5-1-2-6-12(11)17(15)19-16(22)10-18-13-7-3-4-8-14(13)20(23)24/h1-8,15,17-18,21H,9-10H2,(H,19,22)/t15-,17+/m0/s1. The predicted octanol–water partition coefficient (Wildman–Crippen LogP) is 1.78. The molecule has 2 aromatic carbocycles. The van der Waals surface area contributed by atoms with Crippen molar-refractivity contribution in [2.24, 2.45) is 0 Å². The van der Waals surface area contributed by atoms with Crippen LogP contribution in [0, 0.1) is 10.1 Å². The first-order valence-electron chi connectivity index (χ1n) is 7.59. The highest BCUT2D eigenvalue weighted by Gasteiger charge is 2.31. The molecule has 0 radical (unpaired) electrons. The van der Waals surface area contributed by atoms with Crippen molar-refractivity contribution < 1.29 is 14.8 Å². The van der Waals surface area contributed by atoms with Crippen molar-refractivity contribution in [3.63, 3.8) is 0 Å². The third kappa shape index (κ3) is 3.21. The number of benzene rings is 2. The average Bonchev–Trinajstić information content (AvgIpc) is 2.89. The van der Waals surface area contributed by atoms with E-state index >= 15 is 0 Å². The molecule has 24 heavy (non-hydrogen) atoms. The van der Waals surface area contributed by atoms with E-state index < -0.39 is 17.1 Å². The molecule has 1 amide bonds. The van der Waals surface area contributed by atoms with Crippen molar-refractivity contribution >= 4 is 17.3 Å². The van der Waals surface area contributed by atoms with Crippen LogP contribution in [0.5, 0.6) is 0 Å². The smallest absolute Gasteiger partial charge is 0.292 e. The third-order valence-corrected chi connectivity index (χ3v) is 4.06. The summed E-state index contributed by atoms with van der Waals surface area (Å²) in [5.41, 5.74) is 2.12. The van der Waals surface area contributed by atoms with Gasteiger partial charge >= 0.3 is 0 Å². The highest BCUT2D eigenvalue weighted by Crippen LogP contribution is 2.31. The van der Waals surface area contributed by atoms with Gasteiger partial charge < -0.3 is 15.7 Å². The van der Waals surface area contributed by atoms with Gasteiger partial charge in [0.25, 0.3) is 5.69 Å². The maximum absolute atomic E-state index is 12.2. The minimum Gasteiger partial charge on any atom is -0.390 e. The largest absolute Gasteiger partial charge is 0.390 e. The Morgan fingerprint density at radius 2 is 1.92 bits per heavy atom.